The van der Waals surface area contributed by atoms with Gasteiger partial charge in [-0.25, -0.2) is 0 Å². The number of allylic oxidation sites excluding steroid dienone is 1. The first-order valence-corrected chi connectivity index (χ1v) is 5.52. The van der Waals surface area contributed by atoms with Crippen molar-refractivity contribution in [2.24, 2.45) is 0 Å². The molecule has 13 heavy (non-hydrogen) atoms. The van der Waals surface area contributed by atoms with E-state index in [1.807, 2.05) is 31.2 Å². The van der Waals surface area contributed by atoms with E-state index in [-0.39, 0.29) is 0 Å². The molecule has 0 unspecified atom stereocenters. The number of benzene rings is 1. The zero-order chi connectivity index (χ0) is 9.84. The second kappa shape index (κ2) is 5.04. The normalized spacial score (nSPS) is 11.8. The summed E-state index contributed by atoms with van der Waals surface area (Å²) in [4.78, 5) is 0. The first-order chi connectivity index (χ1) is 6.13. The smallest absolute Gasteiger partial charge is 0.0434 e. The highest BCUT2D eigenvalue weighted by atomic mass is 79.9. The van der Waals surface area contributed by atoms with Gasteiger partial charge in [0, 0.05) is 15.4 Å². The zero-order valence-electron chi connectivity index (χ0n) is 7.15. The molecule has 0 N–H and O–H groups in total. The van der Waals surface area contributed by atoms with E-state index in [4.69, 9.17) is 23.2 Å². The van der Waals surface area contributed by atoms with E-state index in [1.54, 1.807) is 0 Å². The molecule has 0 aliphatic heterocycles. The summed E-state index contributed by atoms with van der Waals surface area (Å²) in [6, 6.07) is 5.69. The monoisotopic (exact) mass is 278 g/mol. The molecule has 0 saturated carbocycles. The molecule has 0 nitrogen and oxygen atoms in total. The van der Waals surface area contributed by atoms with Crippen LogP contribution in [0.3, 0.4) is 0 Å². The Balaban J connectivity index is 3.03. The van der Waals surface area contributed by atoms with E-state index in [0.29, 0.717) is 5.88 Å². The second-order valence-electron chi connectivity index (χ2n) is 2.79. The average Bonchev–Trinajstić information content (AvgIpc) is 2.09. The fourth-order valence-corrected chi connectivity index (χ4v) is 1.80. The molecule has 70 valence electrons. The standard InChI is InChI=1S/C10H9BrCl2/c1-7(6-12)4-8-2-3-9(13)5-10(8)11/h2-5H,6H2,1H3/b7-4-. The van der Waals surface area contributed by atoms with Crippen LogP contribution in [0, 0.1) is 0 Å². The van der Waals surface area contributed by atoms with Crippen LogP contribution < -0.4 is 0 Å². The lowest BCUT2D eigenvalue weighted by Gasteiger charge is -2.00. The summed E-state index contributed by atoms with van der Waals surface area (Å²) in [5.41, 5.74) is 2.23. The van der Waals surface area contributed by atoms with Crippen LogP contribution in [0.15, 0.2) is 28.2 Å². The van der Waals surface area contributed by atoms with E-state index < -0.39 is 0 Å². The molecular weight excluding hydrogens is 271 g/mol. The third-order valence-corrected chi connectivity index (χ3v) is 2.92. The van der Waals surface area contributed by atoms with Crippen LogP contribution in [0.1, 0.15) is 12.5 Å². The largest absolute Gasteiger partial charge is 0.122 e. The maximum atomic E-state index is 5.81. The van der Waals surface area contributed by atoms with Crippen molar-refractivity contribution >= 4 is 45.2 Å². The van der Waals surface area contributed by atoms with Gasteiger partial charge < -0.3 is 0 Å². The highest BCUT2D eigenvalue weighted by Gasteiger charge is 1.97. The van der Waals surface area contributed by atoms with Gasteiger partial charge in [-0.15, -0.1) is 11.6 Å². The molecule has 1 aromatic rings. The summed E-state index contributed by atoms with van der Waals surface area (Å²) in [7, 11) is 0. The molecule has 0 fully saturated rings. The molecule has 0 saturated heterocycles. The van der Waals surface area contributed by atoms with Crippen LogP contribution in [0.4, 0.5) is 0 Å². The highest BCUT2D eigenvalue weighted by molar-refractivity contribution is 9.10. The van der Waals surface area contributed by atoms with Gasteiger partial charge in [0.25, 0.3) is 0 Å². The minimum atomic E-state index is 0.551. The first kappa shape index (κ1) is 11.1. The SMILES string of the molecule is C/C(=C/c1ccc(Cl)cc1Br)CCl. The van der Waals surface area contributed by atoms with E-state index in [9.17, 15) is 0 Å². The number of halogens is 3. The summed E-state index contributed by atoms with van der Waals surface area (Å²) in [5.74, 6) is 0.551. The van der Waals surface area contributed by atoms with Crippen molar-refractivity contribution in [1.29, 1.82) is 0 Å². The summed E-state index contributed by atoms with van der Waals surface area (Å²) >= 11 is 14.9. The van der Waals surface area contributed by atoms with Gasteiger partial charge in [0.15, 0.2) is 0 Å². The Morgan fingerprint density at radius 2 is 2.23 bits per heavy atom. The van der Waals surface area contributed by atoms with E-state index in [1.165, 1.54) is 0 Å². The predicted molar refractivity (Wildman–Crippen MR) is 63.5 cm³/mol. The quantitative estimate of drug-likeness (QED) is 0.686. The maximum absolute atomic E-state index is 5.81. The Kier molecular flexibility index (Phi) is 4.30. The van der Waals surface area contributed by atoms with Crippen LogP contribution in [0.25, 0.3) is 6.08 Å². The molecule has 0 radical (unpaired) electrons. The van der Waals surface area contributed by atoms with Crippen LogP contribution in [-0.2, 0) is 0 Å². The summed E-state index contributed by atoms with van der Waals surface area (Å²) in [6.45, 7) is 1.99. The van der Waals surface area contributed by atoms with Crippen molar-refractivity contribution in [3.05, 3.63) is 38.8 Å². The van der Waals surface area contributed by atoms with Crippen LogP contribution in [0.5, 0.6) is 0 Å². The molecule has 0 aliphatic carbocycles. The van der Waals surface area contributed by atoms with Crippen molar-refractivity contribution < 1.29 is 0 Å². The lowest BCUT2D eigenvalue weighted by atomic mass is 10.1. The van der Waals surface area contributed by atoms with Crippen LogP contribution in [0.2, 0.25) is 5.02 Å². The van der Waals surface area contributed by atoms with Crippen molar-refractivity contribution in [3.63, 3.8) is 0 Å². The van der Waals surface area contributed by atoms with Gasteiger partial charge in [-0.3, -0.25) is 0 Å². The Hall–Kier alpha value is 0.0200. The lowest BCUT2D eigenvalue weighted by Crippen LogP contribution is -1.80. The summed E-state index contributed by atoms with van der Waals surface area (Å²) in [6.07, 6.45) is 2.04. The van der Waals surface area contributed by atoms with Gasteiger partial charge >= 0.3 is 0 Å². The van der Waals surface area contributed by atoms with Crippen LogP contribution in [-0.4, -0.2) is 5.88 Å². The molecule has 0 amide bonds. The van der Waals surface area contributed by atoms with Gasteiger partial charge in [0.1, 0.15) is 0 Å². The molecule has 0 heterocycles. The number of alkyl halides is 1. The van der Waals surface area contributed by atoms with Gasteiger partial charge in [0.2, 0.25) is 0 Å². The zero-order valence-corrected chi connectivity index (χ0v) is 10.2. The second-order valence-corrected chi connectivity index (χ2v) is 4.35. The number of hydrogen-bond donors (Lipinski definition) is 0. The molecule has 1 rings (SSSR count). The van der Waals surface area contributed by atoms with Crippen molar-refractivity contribution in [2.45, 2.75) is 6.92 Å². The Labute approximate surface area is 96.7 Å². The molecule has 3 heteroatoms. The summed E-state index contributed by atoms with van der Waals surface area (Å²) in [5, 5.41) is 0.729. The van der Waals surface area contributed by atoms with E-state index in [0.717, 1.165) is 20.6 Å². The first-order valence-electron chi connectivity index (χ1n) is 3.81. The predicted octanol–water partition coefficient (Wildman–Crippen LogP) is 4.74. The fraction of sp³-hybridized carbons (Fsp3) is 0.200. The molecule has 0 aromatic heterocycles. The maximum Gasteiger partial charge on any atom is 0.0434 e. The molecular formula is C10H9BrCl2. The van der Waals surface area contributed by atoms with Gasteiger partial charge in [-0.1, -0.05) is 45.2 Å². The van der Waals surface area contributed by atoms with Crippen molar-refractivity contribution in [2.75, 3.05) is 5.88 Å². The molecule has 1 aromatic carbocycles. The minimum Gasteiger partial charge on any atom is -0.122 e. The lowest BCUT2D eigenvalue weighted by molar-refractivity contribution is 1.42. The topological polar surface area (TPSA) is 0 Å². The molecule has 0 atom stereocenters. The van der Waals surface area contributed by atoms with Crippen molar-refractivity contribution in [3.8, 4) is 0 Å². The third-order valence-electron chi connectivity index (χ3n) is 1.58. The molecule has 0 bridgehead atoms. The van der Waals surface area contributed by atoms with Gasteiger partial charge in [-0.2, -0.15) is 0 Å². The van der Waals surface area contributed by atoms with Crippen LogP contribution >= 0.6 is 39.1 Å². The average molecular weight is 280 g/mol. The Morgan fingerprint density at radius 1 is 1.54 bits per heavy atom. The van der Waals surface area contributed by atoms with Crippen molar-refractivity contribution in [1.82, 2.24) is 0 Å². The highest BCUT2D eigenvalue weighted by Crippen LogP contribution is 2.23. The third kappa shape index (κ3) is 3.34. The van der Waals surface area contributed by atoms with E-state index in [2.05, 4.69) is 15.9 Å². The fourth-order valence-electron chi connectivity index (χ4n) is 0.923. The molecule has 0 aliphatic rings. The number of hydrogen-bond acceptors (Lipinski definition) is 0. The van der Waals surface area contributed by atoms with Gasteiger partial charge in [-0.05, 0) is 24.6 Å². The Morgan fingerprint density at radius 3 is 2.77 bits per heavy atom. The summed E-state index contributed by atoms with van der Waals surface area (Å²) < 4.78 is 0.990. The van der Waals surface area contributed by atoms with E-state index >= 15 is 0 Å². The molecule has 0 spiro atoms. The number of rotatable bonds is 2. The van der Waals surface area contributed by atoms with Gasteiger partial charge in [0.05, 0.1) is 0 Å². The minimum absolute atomic E-state index is 0.551. The Bertz CT molecular complexity index is 332.